The van der Waals surface area contributed by atoms with Crippen LogP contribution in [0.15, 0.2) is 23.0 Å². The zero-order valence-electron chi connectivity index (χ0n) is 15.3. The minimum absolute atomic E-state index is 0.0443. The van der Waals surface area contributed by atoms with Gasteiger partial charge in [0.2, 0.25) is 5.91 Å². The summed E-state index contributed by atoms with van der Waals surface area (Å²) in [5.74, 6) is 1.06. The lowest BCUT2D eigenvalue weighted by Crippen LogP contribution is -2.36. The van der Waals surface area contributed by atoms with Gasteiger partial charge in [0.05, 0.1) is 32.4 Å². The molecule has 7 heteroatoms. The number of aromatic nitrogens is 1. The molecule has 1 atom stereocenters. The highest BCUT2D eigenvalue weighted by Gasteiger charge is 2.22. The van der Waals surface area contributed by atoms with Gasteiger partial charge in [-0.25, -0.2) is 0 Å². The van der Waals surface area contributed by atoms with Crippen molar-refractivity contribution in [3.63, 3.8) is 0 Å². The number of carbonyl (C=O) groups is 1. The molecule has 1 N–H and O–H groups in total. The third-order valence-electron chi connectivity index (χ3n) is 4.68. The van der Waals surface area contributed by atoms with Crippen molar-refractivity contribution in [1.29, 1.82) is 0 Å². The van der Waals surface area contributed by atoms with E-state index in [2.05, 4.69) is 4.98 Å². The first-order valence-corrected chi connectivity index (χ1v) is 8.67. The van der Waals surface area contributed by atoms with E-state index in [0.717, 1.165) is 24.8 Å². The van der Waals surface area contributed by atoms with Crippen LogP contribution in [0.25, 0.3) is 10.9 Å². The van der Waals surface area contributed by atoms with Crippen LogP contribution in [0, 0.1) is 0 Å². The predicted molar refractivity (Wildman–Crippen MR) is 97.7 cm³/mol. The monoisotopic (exact) mass is 360 g/mol. The second kappa shape index (κ2) is 7.78. The van der Waals surface area contributed by atoms with E-state index in [1.165, 1.54) is 6.92 Å². The van der Waals surface area contributed by atoms with Crippen LogP contribution in [0.5, 0.6) is 11.5 Å². The molecule has 0 saturated carbocycles. The number of benzene rings is 1. The fourth-order valence-electron chi connectivity index (χ4n) is 3.24. The number of pyridine rings is 1. The molecule has 0 unspecified atom stereocenters. The molecule has 1 aromatic heterocycles. The van der Waals surface area contributed by atoms with E-state index < -0.39 is 0 Å². The molecule has 1 aromatic carbocycles. The zero-order valence-corrected chi connectivity index (χ0v) is 15.3. The Morgan fingerprint density at radius 3 is 2.62 bits per heavy atom. The molecule has 1 amide bonds. The number of nitrogens with one attached hydrogen (secondary N) is 1. The Morgan fingerprint density at radius 1 is 1.27 bits per heavy atom. The summed E-state index contributed by atoms with van der Waals surface area (Å²) in [6.45, 7) is 2.99. The minimum Gasteiger partial charge on any atom is -0.493 e. The van der Waals surface area contributed by atoms with E-state index in [1.807, 2.05) is 6.07 Å². The summed E-state index contributed by atoms with van der Waals surface area (Å²) in [7, 11) is 3.11. The molecule has 0 bridgehead atoms. The van der Waals surface area contributed by atoms with Crippen LogP contribution in [-0.2, 0) is 16.1 Å². The molecular formula is C19H24N2O5. The Kier molecular flexibility index (Phi) is 5.46. The van der Waals surface area contributed by atoms with E-state index in [1.54, 1.807) is 31.3 Å². The number of rotatable bonds is 6. The van der Waals surface area contributed by atoms with E-state index in [4.69, 9.17) is 14.2 Å². The summed E-state index contributed by atoms with van der Waals surface area (Å²) in [4.78, 5) is 29.0. The molecule has 1 fully saturated rings. The molecule has 140 valence electrons. The maximum atomic E-state index is 12.5. The normalized spacial score (nSPS) is 16.7. The smallest absolute Gasteiger partial charge is 0.253 e. The molecule has 1 aliphatic rings. The third kappa shape index (κ3) is 3.83. The molecule has 0 radical (unpaired) electrons. The van der Waals surface area contributed by atoms with Crippen LogP contribution in [0.3, 0.4) is 0 Å². The molecule has 2 heterocycles. The van der Waals surface area contributed by atoms with Crippen molar-refractivity contribution >= 4 is 16.8 Å². The number of carbonyl (C=O) groups excluding carboxylic acids is 1. The van der Waals surface area contributed by atoms with E-state index >= 15 is 0 Å². The highest BCUT2D eigenvalue weighted by atomic mass is 16.5. The van der Waals surface area contributed by atoms with Gasteiger partial charge < -0.3 is 24.1 Å². The fourth-order valence-corrected chi connectivity index (χ4v) is 3.24. The summed E-state index contributed by atoms with van der Waals surface area (Å²) in [6, 6.07) is 5.34. The van der Waals surface area contributed by atoms with E-state index in [0.29, 0.717) is 29.1 Å². The largest absolute Gasteiger partial charge is 0.493 e. The van der Waals surface area contributed by atoms with Gasteiger partial charge >= 0.3 is 0 Å². The number of aromatic amines is 1. The van der Waals surface area contributed by atoms with Crippen molar-refractivity contribution in [2.45, 2.75) is 32.4 Å². The lowest BCUT2D eigenvalue weighted by atomic mass is 10.1. The van der Waals surface area contributed by atoms with Crippen molar-refractivity contribution in [3.8, 4) is 11.5 Å². The lowest BCUT2D eigenvalue weighted by Gasteiger charge is -2.24. The zero-order chi connectivity index (χ0) is 18.7. The Bertz CT molecular complexity index is 855. The van der Waals surface area contributed by atoms with Gasteiger partial charge in [-0.3, -0.25) is 9.59 Å². The number of nitrogens with zero attached hydrogens (tertiary/aromatic N) is 1. The minimum atomic E-state index is -0.219. The number of hydrogen-bond donors (Lipinski definition) is 1. The van der Waals surface area contributed by atoms with Gasteiger partial charge in [0.1, 0.15) is 0 Å². The first-order valence-electron chi connectivity index (χ1n) is 8.67. The van der Waals surface area contributed by atoms with E-state index in [-0.39, 0.29) is 24.1 Å². The summed E-state index contributed by atoms with van der Waals surface area (Å²) in [6.07, 6.45) is 1.99. The Hall–Kier alpha value is -2.54. The van der Waals surface area contributed by atoms with Crippen LogP contribution >= 0.6 is 0 Å². The highest BCUT2D eigenvalue weighted by Crippen LogP contribution is 2.31. The maximum absolute atomic E-state index is 12.5. The molecule has 1 aliphatic heterocycles. The number of H-pyrrole nitrogens is 1. The van der Waals surface area contributed by atoms with Crippen molar-refractivity contribution in [3.05, 3.63) is 34.1 Å². The van der Waals surface area contributed by atoms with Crippen LogP contribution < -0.4 is 15.0 Å². The Morgan fingerprint density at radius 2 is 2.00 bits per heavy atom. The number of fused-ring (bicyclic) bond motifs is 1. The number of ether oxygens (including phenoxy) is 3. The number of methoxy groups -OCH3 is 2. The van der Waals surface area contributed by atoms with Gasteiger partial charge in [0.25, 0.3) is 5.56 Å². The average Bonchev–Trinajstić information content (AvgIpc) is 3.13. The van der Waals surface area contributed by atoms with Crippen LogP contribution in [0.1, 0.15) is 25.3 Å². The fraction of sp³-hybridized carbons (Fsp3) is 0.474. The molecule has 3 rings (SSSR count). The molecular weight excluding hydrogens is 336 g/mol. The summed E-state index contributed by atoms with van der Waals surface area (Å²) < 4.78 is 16.2. The second-order valence-corrected chi connectivity index (χ2v) is 6.45. The first kappa shape index (κ1) is 18.3. The number of hydrogen-bond acceptors (Lipinski definition) is 5. The van der Waals surface area contributed by atoms with Crippen LogP contribution in [0.2, 0.25) is 0 Å². The van der Waals surface area contributed by atoms with Gasteiger partial charge in [-0.15, -0.1) is 0 Å². The van der Waals surface area contributed by atoms with Crippen LogP contribution in [-0.4, -0.2) is 49.3 Å². The molecule has 2 aromatic rings. The van der Waals surface area contributed by atoms with Gasteiger partial charge in [0.15, 0.2) is 11.5 Å². The molecule has 0 spiro atoms. The Labute approximate surface area is 151 Å². The summed E-state index contributed by atoms with van der Waals surface area (Å²) in [5.41, 5.74) is 0.964. The highest BCUT2D eigenvalue weighted by molar-refractivity contribution is 5.83. The van der Waals surface area contributed by atoms with Gasteiger partial charge in [-0.2, -0.15) is 0 Å². The van der Waals surface area contributed by atoms with Crippen molar-refractivity contribution in [1.82, 2.24) is 9.88 Å². The standard InChI is InChI=1S/C19H24N2O5/c1-12(22)21(11-15-5-4-6-26-15)10-14-7-13-8-17(24-2)18(25-3)9-16(13)20-19(14)23/h7-9,15H,4-6,10-11H2,1-3H3,(H,20,23)/t15-/m0/s1. The summed E-state index contributed by atoms with van der Waals surface area (Å²) >= 11 is 0. The van der Waals surface area contributed by atoms with E-state index in [9.17, 15) is 9.59 Å². The molecule has 26 heavy (non-hydrogen) atoms. The molecule has 7 nitrogen and oxygen atoms in total. The molecule has 1 saturated heterocycles. The maximum Gasteiger partial charge on any atom is 0.253 e. The molecule has 0 aliphatic carbocycles. The predicted octanol–water partition coefficient (Wildman–Crippen LogP) is 2.07. The lowest BCUT2D eigenvalue weighted by molar-refractivity contribution is -0.131. The van der Waals surface area contributed by atoms with Gasteiger partial charge in [0, 0.05) is 37.1 Å². The van der Waals surface area contributed by atoms with Crippen molar-refractivity contribution in [2.75, 3.05) is 27.4 Å². The van der Waals surface area contributed by atoms with Crippen molar-refractivity contribution < 1.29 is 19.0 Å². The number of amides is 1. The SMILES string of the molecule is COc1cc2cc(CN(C[C@@H]3CCCO3)C(C)=O)c(=O)[nH]c2cc1OC. The van der Waals surface area contributed by atoms with Gasteiger partial charge in [-0.05, 0) is 25.0 Å². The third-order valence-corrected chi connectivity index (χ3v) is 4.68. The van der Waals surface area contributed by atoms with Crippen LogP contribution in [0.4, 0.5) is 0 Å². The van der Waals surface area contributed by atoms with Gasteiger partial charge in [-0.1, -0.05) is 0 Å². The van der Waals surface area contributed by atoms with Crippen molar-refractivity contribution in [2.24, 2.45) is 0 Å². The quantitative estimate of drug-likeness (QED) is 0.853. The first-order chi connectivity index (χ1) is 12.5. The Balaban J connectivity index is 1.91. The summed E-state index contributed by atoms with van der Waals surface area (Å²) in [5, 5.41) is 0.817. The average molecular weight is 360 g/mol. The second-order valence-electron chi connectivity index (χ2n) is 6.45. The topological polar surface area (TPSA) is 80.9 Å².